The van der Waals surface area contributed by atoms with Gasteiger partial charge in [-0.1, -0.05) is 0 Å². The summed E-state index contributed by atoms with van der Waals surface area (Å²) < 4.78 is 13.3. The van der Waals surface area contributed by atoms with Gasteiger partial charge in [0.1, 0.15) is 35.5 Å². The summed E-state index contributed by atoms with van der Waals surface area (Å²) in [4.78, 5) is 24.8. The maximum absolute atomic E-state index is 13.1. The molecule has 2 aromatic heterocycles. The molecule has 0 bridgehead atoms. The number of amides is 1. The van der Waals surface area contributed by atoms with E-state index in [1.165, 1.54) is 0 Å². The van der Waals surface area contributed by atoms with Crippen LogP contribution in [0.2, 0.25) is 0 Å². The molecule has 0 fully saturated rings. The summed E-state index contributed by atoms with van der Waals surface area (Å²) >= 11 is 0. The lowest BCUT2D eigenvalue weighted by molar-refractivity contribution is -0.114. The van der Waals surface area contributed by atoms with Gasteiger partial charge in [0.25, 0.3) is 5.91 Å². The number of nitrogens with zero attached hydrogens (tertiary/aromatic N) is 2. The smallest absolute Gasteiger partial charge is 0.256 e. The van der Waals surface area contributed by atoms with Crippen molar-refractivity contribution in [3.8, 4) is 5.75 Å². The van der Waals surface area contributed by atoms with Gasteiger partial charge in [0.05, 0.1) is 17.9 Å². The molecule has 0 saturated heterocycles. The molecule has 0 saturated carbocycles. The third-order valence-corrected chi connectivity index (χ3v) is 5.29. The van der Waals surface area contributed by atoms with Crippen LogP contribution in [0.3, 0.4) is 0 Å². The topological polar surface area (TPSA) is 119 Å². The normalized spacial score (nSPS) is 13.2. The molecule has 3 aromatic rings. The molecule has 0 aliphatic rings. The molecule has 1 aromatic carbocycles. The largest absolute Gasteiger partial charge is 0.487 e. The molecule has 166 valence electrons. The van der Waals surface area contributed by atoms with Gasteiger partial charge in [-0.2, -0.15) is 5.10 Å². The molecule has 3 rings (SSSR count). The molecule has 9 heteroatoms. The average molecular weight is 428 g/mol. The second kappa shape index (κ2) is 9.76. The van der Waals surface area contributed by atoms with E-state index in [2.05, 4.69) is 15.7 Å². The maximum Gasteiger partial charge on any atom is 0.256 e. The van der Waals surface area contributed by atoms with Crippen LogP contribution in [-0.2, 0) is 18.4 Å². The van der Waals surface area contributed by atoms with Crippen LogP contribution >= 0.6 is 0 Å². The molecule has 0 radical (unpaired) electrons. The number of carbonyl (C=O) groups excluding carboxylic acids is 2. The lowest BCUT2D eigenvalue weighted by Gasteiger charge is -2.27. The van der Waals surface area contributed by atoms with Crippen molar-refractivity contribution in [3.05, 3.63) is 47.5 Å². The second-order valence-electron chi connectivity index (χ2n) is 7.52. The first-order chi connectivity index (χ1) is 14.9. The minimum absolute atomic E-state index is 0.313. The Kier molecular flexibility index (Phi) is 7.09. The minimum Gasteiger partial charge on any atom is -0.487 e. The third kappa shape index (κ3) is 4.95. The number of carbonyl (C=O) groups is 2. The van der Waals surface area contributed by atoms with Crippen LogP contribution < -0.4 is 15.4 Å². The molecular weight excluding hydrogens is 400 g/mol. The van der Waals surface area contributed by atoms with E-state index >= 15 is 0 Å². The zero-order chi connectivity index (χ0) is 22.4. The van der Waals surface area contributed by atoms with Crippen molar-refractivity contribution < 1.29 is 23.8 Å². The number of furan rings is 1. The van der Waals surface area contributed by atoms with E-state index in [0.29, 0.717) is 60.3 Å². The number of ether oxygens (including phenoxy) is 1. The number of aliphatic hydroxyl groups excluding tert-OH is 1. The highest BCUT2D eigenvalue weighted by Gasteiger charge is 2.32. The van der Waals surface area contributed by atoms with E-state index in [9.17, 15) is 14.7 Å². The predicted molar refractivity (Wildman–Crippen MR) is 115 cm³/mol. The summed E-state index contributed by atoms with van der Waals surface area (Å²) in [6.07, 6.45) is 3.22. The summed E-state index contributed by atoms with van der Waals surface area (Å²) in [6, 6.07) is 7.11. The molecule has 3 N–H and O–H groups in total. The Bertz CT molecular complexity index is 1060. The predicted octanol–water partition coefficient (Wildman–Crippen LogP) is 1.71. The van der Waals surface area contributed by atoms with Gasteiger partial charge in [0.2, 0.25) is 0 Å². The van der Waals surface area contributed by atoms with Gasteiger partial charge in [0.15, 0.2) is 0 Å². The lowest BCUT2D eigenvalue weighted by atomic mass is 9.95. The number of benzene rings is 1. The molecule has 0 aliphatic heterocycles. The molecular formula is C22H28N4O5. The molecule has 31 heavy (non-hydrogen) atoms. The van der Waals surface area contributed by atoms with E-state index in [-0.39, 0.29) is 0 Å². The lowest BCUT2D eigenvalue weighted by Crippen LogP contribution is -2.53. The molecule has 1 amide bonds. The number of fused-ring (bicyclic) bond motifs is 1. The van der Waals surface area contributed by atoms with Crippen molar-refractivity contribution in [2.75, 3.05) is 20.2 Å². The standard InChI is InChI=1S/C22H28N4O5/c1-15-20(21(29)25-22(13-27,14-28)8-4-9-23-2)18-11-17(5-6-19(18)31-15)30-12-16-7-10-24-26(16)3/h5-7,10-11,13,23,28H,4,8-9,12,14H2,1-3H3,(H,25,29). The Labute approximate surface area is 180 Å². The van der Waals surface area contributed by atoms with Gasteiger partial charge >= 0.3 is 0 Å². The summed E-state index contributed by atoms with van der Waals surface area (Å²) in [5, 5.41) is 20.2. The Morgan fingerprint density at radius 3 is 2.84 bits per heavy atom. The number of nitrogens with one attached hydrogen (secondary N) is 2. The van der Waals surface area contributed by atoms with Gasteiger partial charge < -0.3 is 29.7 Å². The van der Waals surface area contributed by atoms with Crippen molar-refractivity contribution >= 4 is 23.2 Å². The third-order valence-electron chi connectivity index (χ3n) is 5.29. The number of hydrogen-bond acceptors (Lipinski definition) is 7. The summed E-state index contributed by atoms with van der Waals surface area (Å²) in [7, 11) is 3.63. The first-order valence-corrected chi connectivity index (χ1v) is 10.1. The first kappa shape index (κ1) is 22.5. The number of rotatable bonds is 11. The number of aldehydes is 1. The van der Waals surface area contributed by atoms with Gasteiger partial charge in [-0.15, -0.1) is 0 Å². The fourth-order valence-corrected chi connectivity index (χ4v) is 3.45. The molecule has 2 heterocycles. The quantitative estimate of drug-likeness (QED) is 0.314. The van der Waals surface area contributed by atoms with Crippen molar-refractivity contribution in [2.45, 2.75) is 31.9 Å². The van der Waals surface area contributed by atoms with E-state index in [1.807, 2.05) is 13.1 Å². The van der Waals surface area contributed by atoms with Crippen LogP contribution in [-0.4, -0.2) is 52.8 Å². The minimum atomic E-state index is -1.35. The van der Waals surface area contributed by atoms with Gasteiger partial charge in [-0.05, 0) is 57.6 Å². The highest BCUT2D eigenvalue weighted by atomic mass is 16.5. The van der Waals surface area contributed by atoms with E-state index in [1.54, 1.807) is 43.0 Å². The Hall–Kier alpha value is -3.17. The van der Waals surface area contributed by atoms with Crippen LogP contribution in [0, 0.1) is 6.92 Å². The Balaban J connectivity index is 1.84. The number of aromatic nitrogens is 2. The van der Waals surface area contributed by atoms with Crippen molar-refractivity contribution in [3.63, 3.8) is 0 Å². The Morgan fingerprint density at radius 2 is 2.19 bits per heavy atom. The Morgan fingerprint density at radius 1 is 1.39 bits per heavy atom. The van der Waals surface area contributed by atoms with Gasteiger partial charge in [-0.25, -0.2) is 0 Å². The summed E-state index contributed by atoms with van der Waals surface area (Å²) in [5.41, 5.74) is 0.403. The maximum atomic E-state index is 13.1. The zero-order valence-electron chi connectivity index (χ0n) is 18.0. The van der Waals surface area contributed by atoms with E-state index in [0.717, 1.165) is 5.69 Å². The van der Waals surface area contributed by atoms with Crippen LogP contribution in [0.1, 0.15) is 34.7 Å². The van der Waals surface area contributed by atoms with Crippen LogP contribution in [0.15, 0.2) is 34.9 Å². The van der Waals surface area contributed by atoms with Crippen molar-refractivity contribution in [1.82, 2.24) is 20.4 Å². The number of aliphatic hydroxyl groups is 1. The molecule has 1 unspecified atom stereocenters. The van der Waals surface area contributed by atoms with Crippen molar-refractivity contribution in [2.24, 2.45) is 7.05 Å². The zero-order valence-corrected chi connectivity index (χ0v) is 18.0. The van der Waals surface area contributed by atoms with Crippen LogP contribution in [0.4, 0.5) is 0 Å². The molecule has 9 nitrogen and oxygen atoms in total. The SMILES string of the molecule is CNCCCC(C=O)(CO)NC(=O)c1c(C)oc2ccc(OCc3ccnn3C)cc12. The van der Waals surface area contributed by atoms with E-state index < -0.39 is 18.1 Å². The average Bonchev–Trinajstić information content (AvgIpc) is 3.32. The highest BCUT2D eigenvalue weighted by molar-refractivity contribution is 6.08. The second-order valence-corrected chi connectivity index (χ2v) is 7.52. The van der Waals surface area contributed by atoms with Crippen LogP contribution in [0.5, 0.6) is 5.75 Å². The van der Waals surface area contributed by atoms with E-state index in [4.69, 9.17) is 9.15 Å². The monoisotopic (exact) mass is 428 g/mol. The fraction of sp³-hybridized carbons (Fsp3) is 0.409. The van der Waals surface area contributed by atoms with Crippen molar-refractivity contribution in [1.29, 1.82) is 0 Å². The fourth-order valence-electron chi connectivity index (χ4n) is 3.45. The number of aryl methyl sites for hydroxylation is 2. The molecule has 0 aliphatic carbocycles. The first-order valence-electron chi connectivity index (χ1n) is 10.1. The highest BCUT2D eigenvalue weighted by Crippen LogP contribution is 2.30. The molecule has 0 spiro atoms. The summed E-state index contributed by atoms with van der Waals surface area (Å²) in [5.74, 6) is 0.510. The van der Waals surface area contributed by atoms with Gasteiger partial charge in [-0.3, -0.25) is 9.48 Å². The number of hydrogen-bond donors (Lipinski definition) is 3. The summed E-state index contributed by atoms with van der Waals surface area (Å²) in [6.45, 7) is 2.19. The van der Waals surface area contributed by atoms with Gasteiger partial charge in [0, 0.05) is 18.6 Å². The van der Waals surface area contributed by atoms with Crippen LogP contribution in [0.25, 0.3) is 11.0 Å². The molecule has 1 atom stereocenters.